The number of hydrogen-bond acceptors (Lipinski definition) is 3. The van der Waals surface area contributed by atoms with Crippen molar-refractivity contribution in [2.24, 2.45) is 5.92 Å². The third-order valence-electron chi connectivity index (χ3n) is 4.20. The van der Waals surface area contributed by atoms with Crippen molar-refractivity contribution in [2.45, 2.75) is 32.7 Å². The van der Waals surface area contributed by atoms with Gasteiger partial charge >= 0.3 is 0 Å². The summed E-state index contributed by atoms with van der Waals surface area (Å²) >= 11 is 0. The molecular weight excluding hydrogens is 271 g/mol. The molecule has 4 nitrogen and oxygen atoms in total. The minimum absolute atomic E-state index is 0.0479. The van der Waals surface area contributed by atoms with Gasteiger partial charge in [0.25, 0.3) is 5.91 Å². The Hall–Kier alpha value is -1.62. The first-order chi connectivity index (χ1) is 10.1. The molecule has 0 bridgehead atoms. The smallest absolute Gasteiger partial charge is 0.257 e. The highest BCUT2D eigenvalue weighted by atomic mass is 19.1. The summed E-state index contributed by atoms with van der Waals surface area (Å²) in [6.07, 6.45) is 1.87. The zero-order valence-corrected chi connectivity index (χ0v) is 12.6. The number of aromatic hydroxyl groups is 1. The second-order valence-corrected chi connectivity index (χ2v) is 5.53. The van der Waals surface area contributed by atoms with Crippen molar-refractivity contribution in [3.05, 3.63) is 29.6 Å². The number of hydrogen-bond donors (Lipinski definition) is 2. The summed E-state index contributed by atoms with van der Waals surface area (Å²) in [6, 6.07) is 3.91. The van der Waals surface area contributed by atoms with Crippen LogP contribution in [0.4, 0.5) is 4.39 Å². The molecule has 1 aromatic carbocycles. The van der Waals surface area contributed by atoms with Gasteiger partial charge in [0, 0.05) is 19.1 Å². The molecule has 1 aliphatic heterocycles. The molecule has 1 amide bonds. The first-order valence-corrected chi connectivity index (χ1v) is 7.58. The van der Waals surface area contributed by atoms with Crippen LogP contribution in [0.15, 0.2) is 18.2 Å². The normalized spacial score (nSPS) is 22.3. The van der Waals surface area contributed by atoms with Crippen LogP contribution in [0, 0.1) is 11.7 Å². The fourth-order valence-electron chi connectivity index (χ4n) is 3.01. The van der Waals surface area contributed by atoms with Crippen LogP contribution in [-0.4, -0.2) is 41.6 Å². The van der Waals surface area contributed by atoms with Crippen molar-refractivity contribution in [3.63, 3.8) is 0 Å². The molecule has 5 heteroatoms. The molecule has 1 aliphatic rings. The molecule has 1 saturated heterocycles. The van der Waals surface area contributed by atoms with Crippen LogP contribution in [-0.2, 0) is 0 Å². The van der Waals surface area contributed by atoms with Crippen LogP contribution in [0.2, 0.25) is 0 Å². The number of nitrogens with zero attached hydrogens (tertiary/aromatic N) is 1. The molecule has 2 N–H and O–H groups in total. The highest BCUT2D eigenvalue weighted by Gasteiger charge is 2.31. The fraction of sp³-hybridized carbons (Fsp3) is 0.562. The van der Waals surface area contributed by atoms with Crippen molar-refractivity contribution in [2.75, 3.05) is 19.6 Å². The van der Waals surface area contributed by atoms with Crippen LogP contribution in [0.3, 0.4) is 0 Å². The van der Waals surface area contributed by atoms with Gasteiger partial charge in [-0.3, -0.25) is 4.79 Å². The maximum atomic E-state index is 13.3. The lowest BCUT2D eigenvalue weighted by Gasteiger charge is -2.38. The van der Waals surface area contributed by atoms with Gasteiger partial charge in [-0.25, -0.2) is 4.39 Å². The Morgan fingerprint density at radius 3 is 2.90 bits per heavy atom. The quantitative estimate of drug-likeness (QED) is 0.896. The summed E-state index contributed by atoms with van der Waals surface area (Å²) in [6.45, 7) is 6.38. The van der Waals surface area contributed by atoms with Crippen LogP contribution >= 0.6 is 0 Å². The molecule has 1 fully saturated rings. The molecule has 0 aromatic heterocycles. The number of piperidine rings is 1. The third-order valence-corrected chi connectivity index (χ3v) is 4.20. The van der Waals surface area contributed by atoms with Crippen LogP contribution in [0.1, 0.15) is 37.0 Å². The average molecular weight is 294 g/mol. The number of halogens is 1. The van der Waals surface area contributed by atoms with Gasteiger partial charge in [-0.2, -0.15) is 0 Å². The molecule has 2 rings (SSSR count). The largest absolute Gasteiger partial charge is 0.507 e. The molecule has 21 heavy (non-hydrogen) atoms. The molecule has 1 aromatic rings. The summed E-state index contributed by atoms with van der Waals surface area (Å²) in [5.41, 5.74) is 0.0479. The summed E-state index contributed by atoms with van der Waals surface area (Å²) in [5.74, 6) is -0.576. The van der Waals surface area contributed by atoms with Crippen LogP contribution in [0.5, 0.6) is 5.75 Å². The van der Waals surface area contributed by atoms with E-state index in [0.717, 1.165) is 31.5 Å². The Balaban J connectivity index is 2.12. The number of phenols is 1. The van der Waals surface area contributed by atoms with Crippen molar-refractivity contribution in [1.82, 2.24) is 10.2 Å². The lowest BCUT2D eigenvalue weighted by atomic mass is 9.89. The number of carbonyl (C=O) groups is 1. The van der Waals surface area contributed by atoms with E-state index in [4.69, 9.17) is 0 Å². The van der Waals surface area contributed by atoms with E-state index in [9.17, 15) is 14.3 Å². The summed E-state index contributed by atoms with van der Waals surface area (Å²) < 4.78 is 13.3. The molecule has 1 heterocycles. The van der Waals surface area contributed by atoms with Crippen molar-refractivity contribution in [3.8, 4) is 5.75 Å². The third kappa shape index (κ3) is 3.53. The first kappa shape index (κ1) is 15.8. The number of nitrogens with one attached hydrogen (secondary N) is 1. The summed E-state index contributed by atoms with van der Waals surface area (Å²) in [5, 5.41) is 13.2. The molecule has 0 radical (unpaired) electrons. The first-order valence-electron chi connectivity index (χ1n) is 7.58. The molecule has 0 spiro atoms. The van der Waals surface area contributed by atoms with Gasteiger partial charge in [-0.15, -0.1) is 0 Å². The van der Waals surface area contributed by atoms with Gasteiger partial charge in [-0.1, -0.05) is 20.3 Å². The molecule has 2 unspecified atom stereocenters. The van der Waals surface area contributed by atoms with Crippen molar-refractivity contribution >= 4 is 5.91 Å². The molecule has 116 valence electrons. The topological polar surface area (TPSA) is 52.6 Å². The van der Waals surface area contributed by atoms with Crippen molar-refractivity contribution in [1.29, 1.82) is 0 Å². The van der Waals surface area contributed by atoms with E-state index in [2.05, 4.69) is 19.2 Å². The summed E-state index contributed by atoms with van der Waals surface area (Å²) in [7, 11) is 0. The van der Waals surface area contributed by atoms with Gasteiger partial charge in [0.2, 0.25) is 0 Å². The van der Waals surface area contributed by atoms with Gasteiger partial charge in [-0.05, 0) is 37.1 Å². The molecule has 2 atom stereocenters. The lowest BCUT2D eigenvalue weighted by Crippen LogP contribution is -2.50. The minimum Gasteiger partial charge on any atom is -0.507 e. The predicted molar refractivity (Wildman–Crippen MR) is 79.8 cm³/mol. The fourth-order valence-corrected chi connectivity index (χ4v) is 3.01. The van der Waals surface area contributed by atoms with Gasteiger partial charge in [0.15, 0.2) is 0 Å². The lowest BCUT2D eigenvalue weighted by molar-refractivity contribution is 0.0624. The Morgan fingerprint density at radius 1 is 1.48 bits per heavy atom. The molecule has 0 aliphatic carbocycles. The Bertz CT molecular complexity index is 507. The average Bonchev–Trinajstić information content (AvgIpc) is 2.49. The van der Waals surface area contributed by atoms with Crippen molar-refractivity contribution < 1.29 is 14.3 Å². The van der Waals surface area contributed by atoms with E-state index < -0.39 is 5.82 Å². The zero-order valence-electron chi connectivity index (χ0n) is 12.6. The van der Waals surface area contributed by atoms with Gasteiger partial charge < -0.3 is 15.3 Å². The highest BCUT2D eigenvalue weighted by Crippen LogP contribution is 2.25. The van der Waals surface area contributed by atoms with Gasteiger partial charge in [0.05, 0.1) is 5.56 Å². The van der Waals surface area contributed by atoms with E-state index in [-0.39, 0.29) is 17.2 Å². The number of benzene rings is 1. The molecular formula is C16H23FN2O2. The minimum atomic E-state index is -0.509. The monoisotopic (exact) mass is 294 g/mol. The maximum absolute atomic E-state index is 13.3. The second kappa shape index (κ2) is 6.89. The second-order valence-electron chi connectivity index (χ2n) is 5.53. The van der Waals surface area contributed by atoms with E-state index in [1.54, 1.807) is 4.90 Å². The highest BCUT2D eigenvalue weighted by molar-refractivity contribution is 5.96. The van der Waals surface area contributed by atoms with E-state index in [1.807, 2.05) is 0 Å². The Labute approximate surface area is 125 Å². The van der Waals surface area contributed by atoms with E-state index in [0.29, 0.717) is 25.0 Å². The van der Waals surface area contributed by atoms with E-state index in [1.165, 1.54) is 6.07 Å². The standard InChI is InChI=1S/C16H23FN2O2/c1-3-11-10-19(8-7-14(11)18-4-2)16(21)13-9-12(17)5-6-15(13)20/h5-6,9,11,14,18,20H,3-4,7-8,10H2,1-2H3. The van der Waals surface area contributed by atoms with E-state index >= 15 is 0 Å². The number of likely N-dealkylation sites (tertiary alicyclic amines) is 1. The number of phenolic OH excluding ortho intramolecular Hbond substituents is 1. The number of rotatable bonds is 4. The Kier molecular flexibility index (Phi) is 5.17. The van der Waals surface area contributed by atoms with Crippen LogP contribution in [0.25, 0.3) is 0 Å². The van der Waals surface area contributed by atoms with Gasteiger partial charge in [0.1, 0.15) is 11.6 Å². The number of carbonyl (C=O) groups excluding carboxylic acids is 1. The number of amides is 1. The molecule has 0 saturated carbocycles. The summed E-state index contributed by atoms with van der Waals surface area (Å²) in [4.78, 5) is 14.2. The van der Waals surface area contributed by atoms with Crippen LogP contribution < -0.4 is 5.32 Å². The Morgan fingerprint density at radius 2 is 2.24 bits per heavy atom. The zero-order chi connectivity index (χ0) is 15.4. The SMILES string of the molecule is CCNC1CCN(C(=O)c2cc(F)ccc2O)CC1CC. The maximum Gasteiger partial charge on any atom is 0.257 e. The predicted octanol–water partition coefficient (Wildman–Crippen LogP) is 2.38.